The van der Waals surface area contributed by atoms with Gasteiger partial charge >= 0.3 is 0 Å². The summed E-state index contributed by atoms with van der Waals surface area (Å²) in [5, 5.41) is 10.1. The number of hydrogen-bond donors (Lipinski definition) is 1. The van der Waals surface area contributed by atoms with Crippen LogP contribution < -0.4 is 4.90 Å². The maximum atomic E-state index is 10.1. The number of aromatic nitrogens is 2. The van der Waals surface area contributed by atoms with Crippen molar-refractivity contribution in [2.75, 3.05) is 18.5 Å². The Morgan fingerprint density at radius 3 is 2.41 bits per heavy atom. The third-order valence-corrected chi connectivity index (χ3v) is 2.52. The number of benzene rings is 1. The molecule has 4 nitrogen and oxygen atoms in total. The van der Waals surface area contributed by atoms with Crippen molar-refractivity contribution in [1.29, 1.82) is 0 Å². The average Bonchev–Trinajstić information content (AvgIpc) is 2.40. The van der Waals surface area contributed by atoms with E-state index in [9.17, 15) is 5.11 Å². The summed E-state index contributed by atoms with van der Waals surface area (Å²) < 4.78 is 0. The number of nitrogens with zero attached hydrogens (tertiary/aromatic N) is 3. The Hall–Kier alpha value is -1.94. The van der Waals surface area contributed by atoms with E-state index in [-0.39, 0.29) is 0 Å². The van der Waals surface area contributed by atoms with Crippen LogP contribution in [0.5, 0.6) is 0 Å². The summed E-state index contributed by atoms with van der Waals surface area (Å²) in [6, 6.07) is 11.3. The first kappa shape index (κ1) is 11.5. The Balaban J connectivity index is 2.02. The van der Waals surface area contributed by atoms with Crippen LogP contribution in [0.2, 0.25) is 0 Å². The van der Waals surface area contributed by atoms with Crippen LogP contribution in [-0.2, 0) is 0 Å². The molecule has 0 saturated carbocycles. The Bertz CT molecular complexity index is 403. The predicted octanol–water partition coefficient (Wildman–Crippen LogP) is 1.65. The molecule has 1 atom stereocenters. The van der Waals surface area contributed by atoms with Crippen molar-refractivity contribution in [1.82, 2.24) is 9.97 Å². The molecule has 2 rings (SSSR count). The summed E-state index contributed by atoms with van der Waals surface area (Å²) in [6.07, 6.45) is 2.84. The normalized spacial score (nSPS) is 12.1. The zero-order chi connectivity index (χ0) is 12.1. The Morgan fingerprint density at radius 1 is 1.12 bits per heavy atom. The van der Waals surface area contributed by atoms with E-state index in [1.165, 1.54) is 0 Å². The van der Waals surface area contributed by atoms with E-state index in [1.807, 2.05) is 42.3 Å². The second kappa shape index (κ2) is 5.41. The molecule has 0 fully saturated rings. The molecule has 2 aromatic rings. The molecular formula is C13H15N3O. The third-order valence-electron chi connectivity index (χ3n) is 2.52. The maximum Gasteiger partial charge on any atom is 0.225 e. The summed E-state index contributed by atoms with van der Waals surface area (Å²) >= 11 is 0. The van der Waals surface area contributed by atoms with Gasteiger partial charge in [0.1, 0.15) is 0 Å². The van der Waals surface area contributed by atoms with Gasteiger partial charge in [0.05, 0.1) is 12.6 Å². The molecular weight excluding hydrogens is 214 g/mol. The predicted molar refractivity (Wildman–Crippen MR) is 66.7 cm³/mol. The highest BCUT2D eigenvalue weighted by molar-refractivity contribution is 5.28. The highest BCUT2D eigenvalue weighted by Gasteiger charge is 2.11. The van der Waals surface area contributed by atoms with E-state index in [4.69, 9.17) is 0 Å². The topological polar surface area (TPSA) is 49.2 Å². The van der Waals surface area contributed by atoms with Crippen LogP contribution in [0.1, 0.15) is 11.7 Å². The molecule has 88 valence electrons. The van der Waals surface area contributed by atoms with Crippen LogP contribution in [0.4, 0.5) is 5.95 Å². The van der Waals surface area contributed by atoms with Gasteiger partial charge in [-0.3, -0.25) is 0 Å². The highest BCUT2D eigenvalue weighted by atomic mass is 16.3. The van der Waals surface area contributed by atoms with Gasteiger partial charge in [-0.25, -0.2) is 9.97 Å². The van der Waals surface area contributed by atoms with Gasteiger partial charge in [-0.15, -0.1) is 0 Å². The van der Waals surface area contributed by atoms with E-state index < -0.39 is 6.10 Å². The van der Waals surface area contributed by atoms with Crippen molar-refractivity contribution in [2.45, 2.75) is 6.10 Å². The van der Waals surface area contributed by atoms with Gasteiger partial charge in [0.2, 0.25) is 5.95 Å². The van der Waals surface area contributed by atoms with Crippen LogP contribution in [0, 0.1) is 0 Å². The second-order valence-electron chi connectivity index (χ2n) is 3.86. The van der Waals surface area contributed by atoms with Crippen LogP contribution in [0.3, 0.4) is 0 Å². The fraction of sp³-hybridized carbons (Fsp3) is 0.231. The Morgan fingerprint density at radius 2 is 1.76 bits per heavy atom. The lowest BCUT2D eigenvalue weighted by atomic mass is 10.1. The SMILES string of the molecule is CN(CC(O)c1ccccc1)c1ncccn1. The van der Waals surface area contributed by atoms with E-state index >= 15 is 0 Å². The molecule has 0 spiro atoms. The second-order valence-corrected chi connectivity index (χ2v) is 3.86. The minimum atomic E-state index is -0.537. The number of anilines is 1. The monoisotopic (exact) mass is 229 g/mol. The summed E-state index contributed by atoms with van der Waals surface area (Å²) in [4.78, 5) is 10.1. The van der Waals surface area contributed by atoms with Crippen molar-refractivity contribution in [3.63, 3.8) is 0 Å². The third kappa shape index (κ3) is 3.01. The van der Waals surface area contributed by atoms with Gasteiger partial charge in [0, 0.05) is 19.4 Å². The molecule has 0 radical (unpaired) electrons. The first-order chi connectivity index (χ1) is 8.27. The first-order valence-corrected chi connectivity index (χ1v) is 5.48. The standard InChI is InChI=1S/C13H15N3O/c1-16(13-14-8-5-9-15-13)10-12(17)11-6-3-2-4-7-11/h2-9,12,17H,10H2,1H3. The average molecular weight is 229 g/mol. The van der Waals surface area contributed by atoms with Gasteiger partial charge in [0.25, 0.3) is 0 Å². The molecule has 4 heteroatoms. The lowest BCUT2D eigenvalue weighted by molar-refractivity contribution is 0.184. The van der Waals surface area contributed by atoms with Gasteiger partial charge in [-0.05, 0) is 11.6 Å². The van der Waals surface area contributed by atoms with Crippen molar-refractivity contribution in [3.05, 3.63) is 54.4 Å². The zero-order valence-electron chi connectivity index (χ0n) is 9.69. The summed E-state index contributed by atoms with van der Waals surface area (Å²) in [5.74, 6) is 0.613. The van der Waals surface area contributed by atoms with Crippen molar-refractivity contribution in [2.24, 2.45) is 0 Å². The van der Waals surface area contributed by atoms with Gasteiger partial charge < -0.3 is 10.0 Å². The van der Waals surface area contributed by atoms with Crippen molar-refractivity contribution in [3.8, 4) is 0 Å². The summed E-state index contributed by atoms with van der Waals surface area (Å²) in [6.45, 7) is 0.466. The molecule has 1 heterocycles. The number of aliphatic hydroxyl groups is 1. The van der Waals surface area contributed by atoms with Gasteiger partial charge in [-0.1, -0.05) is 30.3 Å². The molecule has 0 amide bonds. The Kier molecular flexibility index (Phi) is 3.67. The fourth-order valence-corrected chi connectivity index (χ4v) is 1.61. The van der Waals surface area contributed by atoms with E-state index in [0.29, 0.717) is 12.5 Å². The molecule has 0 bridgehead atoms. The zero-order valence-corrected chi connectivity index (χ0v) is 9.69. The number of likely N-dealkylation sites (N-methyl/N-ethyl adjacent to an activating group) is 1. The molecule has 17 heavy (non-hydrogen) atoms. The van der Waals surface area contributed by atoms with Gasteiger partial charge in [-0.2, -0.15) is 0 Å². The highest BCUT2D eigenvalue weighted by Crippen LogP contribution is 2.14. The van der Waals surface area contributed by atoms with E-state index in [1.54, 1.807) is 18.5 Å². The lowest BCUT2D eigenvalue weighted by Gasteiger charge is -2.20. The summed E-state index contributed by atoms with van der Waals surface area (Å²) in [5.41, 5.74) is 0.898. The van der Waals surface area contributed by atoms with Crippen LogP contribution in [-0.4, -0.2) is 28.7 Å². The molecule has 0 aliphatic carbocycles. The molecule has 1 aromatic heterocycles. The summed E-state index contributed by atoms with van der Waals surface area (Å²) in [7, 11) is 1.86. The van der Waals surface area contributed by atoms with Crippen LogP contribution in [0.25, 0.3) is 0 Å². The van der Waals surface area contributed by atoms with E-state index in [2.05, 4.69) is 9.97 Å². The van der Waals surface area contributed by atoms with Crippen LogP contribution >= 0.6 is 0 Å². The van der Waals surface area contributed by atoms with E-state index in [0.717, 1.165) is 5.56 Å². The number of aliphatic hydroxyl groups excluding tert-OH is 1. The lowest BCUT2D eigenvalue weighted by Crippen LogP contribution is -2.25. The molecule has 0 saturated heterocycles. The molecule has 0 aliphatic heterocycles. The number of rotatable bonds is 4. The van der Waals surface area contributed by atoms with Crippen molar-refractivity contribution >= 4 is 5.95 Å². The maximum absolute atomic E-state index is 10.1. The number of hydrogen-bond acceptors (Lipinski definition) is 4. The largest absolute Gasteiger partial charge is 0.387 e. The smallest absolute Gasteiger partial charge is 0.225 e. The molecule has 0 aliphatic rings. The minimum Gasteiger partial charge on any atom is -0.387 e. The van der Waals surface area contributed by atoms with Crippen molar-refractivity contribution < 1.29 is 5.11 Å². The minimum absolute atomic E-state index is 0.466. The van der Waals surface area contributed by atoms with Crippen LogP contribution in [0.15, 0.2) is 48.8 Å². The molecule has 1 aromatic carbocycles. The molecule has 1 unspecified atom stereocenters. The van der Waals surface area contributed by atoms with Gasteiger partial charge in [0.15, 0.2) is 0 Å². The quantitative estimate of drug-likeness (QED) is 0.866. The fourth-order valence-electron chi connectivity index (χ4n) is 1.61. The molecule has 1 N–H and O–H groups in total. The Labute approximate surface area is 101 Å². The first-order valence-electron chi connectivity index (χ1n) is 5.48.